The van der Waals surface area contributed by atoms with Gasteiger partial charge in [0.15, 0.2) is 0 Å². The fraction of sp³-hybridized carbons (Fsp3) is 0.200. The quantitative estimate of drug-likeness (QED) is 0.846. The summed E-state index contributed by atoms with van der Waals surface area (Å²) in [6.07, 6.45) is 0. The number of anilines is 1. The van der Waals surface area contributed by atoms with Gasteiger partial charge in [0.25, 0.3) is 0 Å². The first-order valence-corrected chi connectivity index (χ1v) is 6.87. The highest BCUT2D eigenvalue weighted by Gasteiger charge is 2.02. The van der Waals surface area contributed by atoms with E-state index in [2.05, 4.69) is 15.9 Å². The van der Waals surface area contributed by atoms with Gasteiger partial charge in [-0.25, -0.2) is 0 Å². The average molecular weight is 322 g/mol. The summed E-state index contributed by atoms with van der Waals surface area (Å²) >= 11 is 3.44. The molecule has 100 valence electrons. The molecule has 0 bridgehead atoms. The molecule has 3 nitrogen and oxygen atoms in total. The van der Waals surface area contributed by atoms with E-state index in [9.17, 15) is 0 Å². The minimum Gasteiger partial charge on any atom is -0.494 e. The van der Waals surface area contributed by atoms with Crippen LogP contribution in [0.2, 0.25) is 0 Å². The lowest BCUT2D eigenvalue weighted by molar-refractivity contribution is 0.300. The maximum Gasteiger partial charge on any atom is 0.125 e. The number of halogens is 1. The van der Waals surface area contributed by atoms with Crippen molar-refractivity contribution in [3.05, 3.63) is 52.5 Å². The fourth-order valence-electron chi connectivity index (χ4n) is 1.72. The van der Waals surface area contributed by atoms with E-state index in [1.54, 1.807) is 12.1 Å². The molecular formula is C15H16BrNO2. The predicted octanol–water partition coefficient (Wildman–Crippen LogP) is 4.01. The fourth-order valence-corrected chi connectivity index (χ4v) is 2.17. The van der Waals surface area contributed by atoms with E-state index in [0.29, 0.717) is 24.7 Å². The van der Waals surface area contributed by atoms with E-state index in [-0.39, 0.29) is 0 Å². The summed E-state index contributed by atoms with van der Waals surface area (Å²) in [5, 5.41) is 0. The molecular weight excluding hydrogens is 306 g/mol. The van der Waals surface area contributed by atoms with Crippen molar-refractivity contribution in [3.63, 3.8) is 0 Å². The van der Waals surface area contributed by atoms with E-state index in [1.807, 2.05) is 37.3 Å². The van der Waals surface area contributed by atoms with E-state index in [4.69, 9.17) is 15.2 Å². The molecule has 0 heterocycles. The van der Waals surface area contributed by atoms with Crippen LogP contribution in [-0.2, 0) is 6.61 Å². The van der Waals surface area contributed by atoms with Crippen molar-refractivity contribution < 1.29 is 9.47 Å². The summed E-state index contributed by atoms with van der Waals surface area (Å²) in [4.78, 5) is 0. The molecule has 2 N–H and O–H groups in total. The maximum atomic E-state index is 5.82. The molecule has 0 saturated heterocycles. The highest BCUT2D eigenvalue weighted by molar-refractivity contribution is 9.10. The summed E-state index contributed by atoms with van der Waals surface area (Å²) in [6, 6.07) is 13.4. The Balaban J connectivity index is 2.06. The van der Waals surface area contributed by atoms with E-state index in [0.717, 1.165) is 15.8 Å². The van der Waals surface area contributed by atoms with Gasteiger partial charge in [-0.15, -0.1) is 0 Å². The standard InChI is InChI=1S/C15H16BrNO2/c1-2-18-14-7-13(17)8-15(9-14)19-10-11-4-3-5-12(16)6-11/h3-9H,2,10,17H2,1H3. The van der Waals surface area contributed by atoms with Crippen LogP contribution in [0.3, 0.4) is 0 Å². The second kappa shape index (κ2) is 6.48. The van der Waals surface area contributed by atoms with Crippen molar-refractivity contribution in [1.82, 2.24) is 0 Å². The van der Waals surface area contributed by atoms with Gasteiger partial charge in [0, 0.05) is 28.4 Å². The van der Waals surface area contributed by atoms with Crippen LogP contribution < -0.4 is 15.2 Å². The highest BCUT2D eigenvalue weighted by atomic mass is 79.9. The SMILES string of the molecule is CCOc1cc(N)cc(OCc2cccc(Br)c2)c1. The number of benzene rings is 2. The number of nitrogens with two attached hydrogens (primary N) is 1. The normalized spacial score (nSPS) is 10.2. The van der Waals surface area contributed by atoms with E-state index in [1.165, 1.54) is 0 Å². The third kappa shape index (κ3) is 4.17. The Bertz CT molecular complexity index is 558. The molecule has 0 saturated carbocycles. The molecule has 0 atom stereocenters. The molecule has 4 heteroatoms. The van der Waals surface area contributed by atoms with Crippen LogP contribution in [0.1, 0.15) is 12.5 Å². The van der Waals surface area contributed by atoms with Gasteiger partial charge in [-0.3, -0.25) is 0 Å². The Labute approximate surface area is 121 Å². The molecule has 0 aromatic heterocycles. The lowest BCUT2D eigenvalue weighted by Crippen LogP contribution is -1.98. The van der Waals surface area contributed by atoms with Gasteiger partial charge >= 0.3 is 0 Å². The Morgan fingerprint density at radius 2 is 1.79 bits per heavy atom. The number of rotatable bonds is 5. The third-order valence-electron chi connectivity index (χ3n) is 2.51. The zero-order valence-corrected chi connectivity index (χ0v) is 12.3. The zero-order chi connectivity index (χ0) is 13.7. The van der Waals surface area contributed by atoms with Gasteiger partial charge in [0.1, 0.15) is 18.1 Å². The summed E-state index contributed by atoms with van der Waals surface area (Å²) < 4.78 is 12.2. The molecule has 0 aliphatic carbocycles. The zero-order valence-electron chi connectivity index (χ0n) is 10.7. The Kier molecular flexibility index (Phi) is 4.68. The monoisotopic (exact) mass is 321 g/mol. The van der Waals surface area contributed by atoms with Crippen LogP contribution in [0.15, 0.2) is 46.9 Å². The van der Waals surface area contributed by atoms with Gasteiger partial charge in [0.2, 0.25) is 0 Å². The van der Waals surface area contributed by atoms with Crippen molar-refractivity contribution in [3.8, 4) is 11.5 Å². The lowest BCUT2D eigenvalue weighted by Gasteiger charge is -2.10. The second-order valence-electron chi connectivity index (χ2n) is 4.09. The van der Waals surface area contributed by atoms with Gasteiger partial charge in [-0.2, -0.15) is 0 Å². The summed E-state index contributed by atoms with van der Waals surface area (Å²) in [5.41, 5.74) is 7.54. The van der Waals surface area contributed by atoms with Gasteiger partial charge in [-0.05, 0) is 24.6 Å². The van der Waals surface area contributed by atoms with Crippen molar-refractivity contribution in [2.24, 2.45) is 0 Å². The molecule has 0 amide bonds. The first kappa shape index (κ1) is 13.7. The van der Waals surface area contributed by atoms with E-state index >= 15 is 0 Å². The number of ether oxygens (including phenoxy) is 2. The van der Waals surface area contributed by atoms with Gasteiger partial charge in [-0.1, -0.05) is 28.1 Å². The maximum absolute atomic E-state index is 5.82. The molecule has 0 radical (unpaired) electrons. The molecule has 2 rings (SSSR count). The summed E-state index contributed by atoms with van der Waals surface area (Å²) in [7, 11) is 0. The van der Waals surface area contributed by atoms with Crippen LogP contribution in [0.25, 0.3) is 0 Å². The predicted molar refractivity (Wildman–Crippen MR) is 80.5 cm³/mol. The second-order valence-corrected chi connectivity index (χ2v) is 5.01. The van der Waals surface area contributed by atoms with Gasteiger partial charge < -0.3 is 15.2 Å². The first-order chi connectivity index (χ1) is 9.17. The number of hydrogen-bond acceptors (Lipinski definition) is 3. The Hall–Kier alpha value is -1.68. The van der Waals surface area contributed by atoms with Crippen molar-refractivity contribution in [1.29, 1.82) is 0 Å². The van der Waals surface area contributed by atoms with Crippen LogP contribution in [0, 0.1) is 0 Å². The minimum absolute atomic E-state index is 0.495. The van der Waals surface area contributed by atoms with Crippen LogP contribution in [-0.4, -0.2) is 6.61 Å². The van der Waals surface area contributed by atoms with Crippen LogP contribution in [0.5, 0.6) is 11.5 Å². The van der Waals surface area contributed by atoms with Crippen LogP contribution in [0.4, 0.5) is 5.69 Å². The molecule has 2 aromatic carbocycles. The number of hydrogen-bond donors (Lipinski definition) is 1. The third-order valence-corrected chi connectivity index (χ3v) is 3.00. The summed E-state index contributed by atoms with van der Waals surface area (Å²) in [5.74, 6) is 1.44. The minimum atomic E-state index is 0.495. The molecule has 0 fully saturated rings. The molecule has 0 aliphatic heterocycles. The lowest BCUT2D eigenvalue weighted by atomic mass is 10.2. The molecule has 0 aliphatic rings. The number of nitrogen functional groups attached to an aromatic ring is 1. The molecule has 0 unspecified atom stereocenters. The van der Waals surface area contributed by atoms with E-state index < -0.39 is 0 Å². The Morgan fingerprint density at radius 3 is 2.47 bits per heavy atom. The average Bonchev–Trinajstić information content (AvgIpc) is 2.36. The largest absolute Gasteiger partial charge is 0.494 e. The van der Waals surface area contributed by atoms with Crippen molar-refractivity contribution in [2.75, 3.05) is 12.3 Å². The first-order valence-electron chi connectivity index (χ1n) is 6.08. The summed E-state index contributed by atoms with van der Waals surface area (Å²) in [6.45, 7) is 3.04. The molecule has 19 heavy (non-hydrogen) atoms. The Morgan fingerprint density at radius 1 is 1.05 bits per heavy atom. The molecule has 0 spiro atoms. The molecule has 2 aromatic rings. The topological polar surface area (TPSA) is 44.5 Å². The van der Waals surface area contributed by atoms with Gasteiger partial charge in [0.05, 0.1) is 6.61 Å². The smallest absolute Gasteiger partial charge is 0.125 e. The van der Waals surface area contributed by atoms with Crippen molar-refractivity contribution in [2.45, 2.75) is 13.5 Å². The van der Waals surface area contributed by atoms with Crippen molar-refractivity contribution >= 4 is 21.6 Å². The highest BCUT2D eigenvalue weighted by Crippen LogP contribution is 2.25. The van der Waals surface area contributed by atoms with Crippen LogP contribution >= 0.6 is 15.9 Å².